The number of unbranched alkanes of at least 4 members (excludes halogenated alkanes) is 1. The molecule has 0 N–H and O–H groups in total. The van der Waals surface area contributed by atoms with Crippen LogP contribution in [0.2, 0.25) is 0 Å². The van der Waals surface area contributed by atoms with E-state index in [1.54, 1.807) is 0 Å². The van der Waals surface area contributed by atoms with Crippen LogP contribution < -0.4 is 9.47 Å². The van der Waals surface area contributed by atoms with Crippen LogP contribution in [0.3, 0.4) is 0 Å². The Labute approximate surface area is 151 Å². The van der Waals surface area contributed by atoms with Gasteiger partial charge in [0.15, 0.2) is 11.5 Å². The quantitative estimate of drug-likeness (QED) is 0.506. The summed E-state index contributed by atoms with van der Waals surface area (Å²) in [5, 5.41) is 0. The van der Waals surface area contributed by atoms with Crippen LogP contribution in [-0.2, 0) is 27.2 Å². The summed E-state index contributed by atoms with van der Waals surface area (Å²) in [6, 6.07) is 4.16. The van der Waals surface area contributed by atoms with Crippen molar-refractivity contribution in [1.82, 2.24) is 0 Å². The smallest absolute Gasteiger partial charge is 0.161 e. The van der Waals surface area contributed by atoms with Gasteiger partial charge in [-0.3, -0.25) is 0 Å². The lowest BCUT2D eigenvalue weighted by atomic mass is 10.0. The van der Waals surface area contributed by atoms with Crippen molar-refractivity contribution in [2.75, 3.05) is 46.2 Å². The molecule has 0 saturated heterocycles. The minimum absolute atomic E-state index is 0.572. The molecule has 0 saturated carbocycles. The molecule has 5 heteroatoms. The van der Waals surface area contributed by atoms with Gasteiger partial charge in [0, 0.05) is 6.61 Å². The summed E-state index contributed by atoms with van der Waals surface area (Å²) in [5.74, 6) is 1.68. The molecular formula is C20H32O5. The zero-order chi connectivity index (χ0) is 17.7. The summed E-state index contributed by atoms with van der Waals surface area (Å²) in [5.41, 5.74) is 2.45. The number of aryl methyl sites for hydroxylation is 1. The highest BCUT2D eigenvalue weighted by atomic mass is 16.6. The van der Waals surface area contributed by atoms with Gasteiger partial charge in [-0.1, -0.05) is 26.7 Å². The van der Waals surface area contributed by atoms with Crippen molar-refractivity contribution >= 4 is 0 Å². The summed E-state index contributed by atoms with van der Waals surface area (Å²) >= 11 is 0. The van der Waals surface area contributed by atoms with Gasteiger partial charge in [0.05, 0.1) is 33.0 Å². The first kappa shape index (κ1) is 20.0. The van der Waals surface area contributed by atoms with Gasteiger partial charge in [-0.2, -0.15) is 0 Å². The number of hydrogen-bond donors (Lipinski definition) is 0. The minimum atomic E-state index is 0.572. The molecule has 1 aliphatic rings. The zero-order valence-electron chi connectivity index (χ0n) is 15.7. The average molecular weight is 352 g/mol. The van der Waals surface area contributed by atoms with Gasteiger partial charge in [-0.15, -0.1) is 0 Å². The predicted molar refractivity (Wildman–Crippen MR) is 97.6 cm³/mol. The Bertz CT molecular complexity index is 489. The van der Waals surface area contributed by atoms with E-state index in [4.69, 9.17) is 23.7 Å². The molecule has 1 aliphatic heterocycles. The number of benzene rings is 1. The van der Waals surface area contributed by atoms with E-state index < -0.39 is 0 Å². The van der Waals surface area contributed by atoms with Gasteiger partial charge in [0.1, 0.15) is 13.2 Å². The van der Waals surface area contributed by atoms with Gasteiger partial charge >= 0.3 is 0 Å². The van der Waals surface area contributed by atoms with E-state index in [9.17, 15) is 0 Å². The molecule has 5 nitrogen and oxygen atoms in total. The maximum absolute atomic E-state index is 5.78. The molecule has 0 bridgehead atoms. The lowest BCUT2D eigenvalue weighted by molar-refractivity contribution is 0.0100. The van der Waals surface area contributed by atoms with E-state index >= 15 is 0 Å². The van der Waals surface area contributed by atoms with Gasteiger partial charge in [0.2, 0.25) is 0 Å². The first-order valence-electron chi connectivity index (χ1n) is 9.49. The summed E-state index contributed by atoms with van der Waals surface area (Å²) < 4.78 is 28.1. The Hall–Kier alpha value is -1.30. The van der Waals surface area contributed by atoms with Crippen LogP contribution in [-0.4, -0.2) is 46.2 Å². The monoisotopic (exact) mass is 352 g/mol. The highest BCUT2D eigenvalue weighted by molar-refractivity contribution is 5.48. The molecule has 25 heavy (non-hydrogen) atoms. The number of hydrogen-bond acceptors (Lipinski definition) is 5. The third kappa shape index (κ3) is 7.22. The van der Waals surface area contributed by atoms with Crippen LogP contribution >= 0.6 is 0 Å². The van der Waals surface area contributed by atoms with Crippen molar-refractivity contribution in [3.8, 4) is 11.5 Å². The second-order valence-electron chi connectivity index (χ2n) is 6.15. The molecule has 0 radical (unpaired) electrons. The van der Waals surface area contributed by atoms with Gasteiger partial charge in [-0.25, -0.2) is 0 Å². The van der Waals surface area contributed by atoms with Gasteiger partial charge < -0.3 is 23.7 Å². The SMILES string of the molecule is CCCCOCCOCCOCc1cc2c(cc1CCC)OCCO2. The van der Waals surface area contributed by atoms with Crippen LogP contribution in [0, 0.1) is 0 Å². The third-order valence-electron chi connectivity index (χ3n) is 4.03. The number of rotatable bonds is 13. The van der Waals surface area contributed by atoms with E-state index in [0.717, 1.165) is 43.8 Å². The Morgan fingerprint density at radius 2 is 1.36 bits per heavy atom. The van der Waals surface area contributed by atoms with E-state index in [1.807, 2.05) is 0 Å². The van der Waals surface area contributed by atoms with Gasteiger partial charge in [-0.05, 0) is 36.1 Å². The summed E-state index contributed by atoms with van der Waals surface area (Å²) in [7, 11) is 0. The molecule has 0 aromatic heterocycles. The minimum Gasteiger partial charge on any atom is -0.486 e. The first-order chi connectivity index (χ1) is 12.3. The molecule has 1 heterocycles. The largest absolute Gasteiger partial charge is 0.486 e. The summed E-state index contributed by atoms with van der Waals surface area (Å²) in [4.78, 5) is 0. The molecule has 142 valence electrons. The van der Waals surface area contributed by atoms with Gasteiger partial charge in [0.25, 0.3) is 0 Å². The van der Waals surface area contributed by atoms with Crippen LogP contribution in [0.4, 0.5) is 0 Å². The highest BCUT2D eigenvalue weighted by Gasteiger charge is 2.15. The summed E-state index contributed by atoms with van der Waals surface area (Å²) in [6.07, 6.45) is 4.38. The molecule has 0 fully saturated rings. The van der Waals surface area contributed by atoms with E-state index in [1.165, 1.54) is 11.1 Å². The second-order valence-corrected chi connectivity index (χ2v) is 6.15. The van der Waals surface area contributed by atoms with E-state index in [-0.39, 0.29) is 0 Å². The second kappa shape index (κ2) is 12.1. The molecule has 0 amide bonds. The van der Waals surface area contributed by atoms with Crippen LogP contribution in [0.25, 0.3) is 0 Å². The van der Waals surface area contributed by atoms with Crippen molar-refractivity contribution in [3.05, 3.63) is 23.3 Å². The van der Waals surface area contributed by atoms with Crippen molar-refractivity contribution in [3.63, 3.8) is 0 Å². The van der Waals surface area contributed by atoms with E-state index in [0.29, 0.717) is 46.2 Å². The normalized spacial score (nSPS) is 13.2. The maximum atomic E-state index is 5.78. The summed E-state index contributed by atoms with van der Waals surface area (Å²) in [6.45, 7) is 9.40. The van der Waals surface area contributed by atoms with Crippen LogP contribution in [0.15, 0.2) is 12.1 Å². The van der Waals surface area contributed by atoms with E-state index in [2.05, 4.69) is 26.0 Å². The van der Waals surface area contributed by atoms with Crippen molar-refractivity contribution in [1.29, 1.82) is 0 Å². The fourth-order valence-electron chi connectivity index (χ4n) is 2.68. The Balaban J connectivity index is 1.67. The molecule has 0 aliphatic carbocycles. The topological polar surface area (TPSA) is 46.2 Å². The molecule has 2 rings (SSSR count). The Kier molecular flexibility index (Phi) is 9.70. The van der Waals surface area contributed by atoms with Crippen molar-refractivity contribution in [2.45, 2.75) is 46.1 Å². The number of fused-ring (bicyclic) bond motifs is 1. The number of ether oxygens (including phenoxy) is 5. The van der Waals surface area contributed by atoms with Crippen LogP contribution in [0.5, 0.6) is 11.5 Å². The Morgan fingerprint density at radius 1 is 0.760 bits per heavy atom. The third-order valence-corrected chi connectivity index (χ3v) is 4.03. The average Bonchev–Trinajstić information content (AvgIpc) is 2.63. The Morgan fingerprint density at radius 3 is 2.00 bits per heavy atom. The fraction of sp³-hybridized carbons (Fsp3) is 0.700. The molecule has 0 spiro atoms. The molecular weight excluding hydrogens is 320 g/mol. The molecule has 0 unspecified atom stereocenters. The predicted octanol–water partition coefficient (Wildman–Crippen LogP) is 3.76. The lowest BCUT2D eigenvalue weighted by Gasteiger charge is -2.21. The zero-order valence-corrected chi connectivity index (χ0v) is 15.7. The molecule has 1 aromatic carbocycles. The molecule has 1 aromatic rings. The van der Waals surface area contributed by atoms with Crippen molar-refractivity contribution < 1.29 is 23.7 Å². The standard InChI is InChI=1S/C20H32O5/c1-3-5-7-21-8-9-22-10-11-23-16-18-15-20-19(24-12-13-25-20)14-17(18)6-4-2/h14-15H,3-13,16H2,1-2H3. The lowest BCUT2D eigenvalue weighted by Crippen LogP contribution is -2.16. The van der Waals surface area contributed by atoms with Crippen LogP contribution in [0.1, 0.15) is 44.2 Å². The maximum Gasteiger partial charge on any atom is 0.161 e. The highest BCUT2D eigenvalue weighted by Crippen LogP contribution is 2.34. The molecule has 0 atom stereocenters. The first-order valence-corrected chi connectivity index (χ1v) is 9.49. The van der Waals surface area contributed by atoms with Crippen molar-refractivity contribution in [2.24, 2.45) is 0 Å². The fourth-order valence-corrected chi connectivity index (χ4v) is 2.68.